The molecule has 0 saturated carbocycles. The van der Waals surface area contributed by atoms with Gasteiger partial charge >= 0.3 is 0 Å². The molecule has 6 nitrogen and oxygen atoms in total. The molecule has 3 rings (SSSR count). The van der Waals surface area contributed by atoms with E-state index in [4.69, 9.17) is 16.3 Å². The number of halogens is 1. The van der Waals surface area contributed by atoms with E-state index in [9.17, 15) is 5.11 Å². The third-order valence-corrected chi connectivity index (χ3v) is 5.36. The Bertz CT molecular complexity index is 530. The predicted octanol–water partition coefficient (Wildman–Crippen LogP) is 1.21. The smallest absolute Gasteiger partial charge is 0.131 e. The lowest BCUT2D eigenvalue weighted by Gasteiger charge is -2.31. The summed E-state index contributed by atoms with van der Waals surface area (Å²) >= 11 is 6.44. The summed E-state index contributed by atoms with van der Waals surface area (Å²) in [5.74, 6) is 0. The minimum absolute atomic E-state index is 0.274. The van der Waals surface area contributed by atoms with Crippen LogP contribution in [-0.2, 0) is 11.8 Å². The Balaban J connectivity index is 1.62. The van der Waals surface area contributed by atoms with Gasteiger partial charge in [0.25, 0.3) is 0 Å². The van der Waals surface area contributed by atoms with Gasteiger partial charge in [0.15, 0.2) is 0 Å². The van der Waals surface area contributed by atoms with E-state index >= 15 is 0 Å². The Labute approximate surface area is 143 Å². The summed E-state index contributed by atoms with van der Waals surface area (Å²) in [6.45, 7) is 7.78. The van der Waals surface area contributed by atoms with Crippen molar-refractivity contribution in [2.24, 2.45) is 7.05 Å². The molecular formula is C16H27ClN4O2. The standard InChI is InChI=1S/C16H27ClN4O2/c1-12-15(16(17)19(2)18-12)14-4-3-5-21(14)11-13(22)10-20-6-8-23-9-7-20/h13-14,22H,3-11H2,1-2H3. The number of morpholine rings is 1. The van der Waals surface area contributed by atoms with Gasteiger partial charge < -0.3 is 9.84 Å². The number of hydrogen-bond donors (Lipinski definition) is 1. The van der Waals surface area contributed by atoms with E-state index in [1.165, 1.54) is 0 Å². The average molecular weight is 343 g/mol. The summed E-state index contributed by atoms with van der Waals surface area (Å²) in [4.78, 5) is 4.64. The van der Waals surface area contributed by atoms with Crippen LogP contribution in [0.3, 0.4) is 0 Å². The van der Waals surface area contributed by atoms with E-state index in [1.807, 2.05) is 14.0 Å². The zero-order valence-electron chi connectivity index (χ0n) is 14.0. The molecule has 1 aromatic rings. The maximum absolute atomic E-state index is 10.5. The van der Waals surface area contributed by atoms with Gasteiger partial charge in [-0.25, -0.2) is 0 Å². The number of nitrogens with zero attached hydrogens (tertiary/aromatic N) is 4. The van der Waals surface area contributed by atoms with Gasteiger partial charge in [0.1, 0.15) is 5.15 Å². The van der Waals surface area contributed by atoms with E-state index in [0.29, 0.717) is 13.1 Å². The highest BCUT2D eigenvalue weighted by atomic mass is 35.5. The molecular weight excluding hydrogens is 316 g/mol. The average Bonchev–Trinajstić information content (AvgIpc) is 3.05. The van der Waals surface area contributed by atoms with Crippen molar-refractivity contribution in [2.45, 2.75) is 31.9 Å². The van der Waals surface area contributed by atoms with Crippen molar-refractivity contribution in [1.29, 1.82) is 0 Å². The fourth-order valence-electron chi connectivity index (χ4n) is 3.81. The Kier molecular flexibility index (Phi) is 5.59. The number of β-amino-alcohol motifs (C(OH)–C–C–N with tert-alkyl or cyclic N) is 1. The van der Waals surface area contributed by atoms with Gasteiger partial charge in [-0.3, -0.25) is 14.5 Å². The number of ether oxygens (including phenoxy) is 1. The normalized spacial score (nSPS) is 25.1. The summed E-state index contributed by atoms with van der Waals surface area (Å²) in [6, 6.07) is 0.274. The number of aliphatic hydroxyl groups is 1. The van der Waals surface area contributed by atoms with Crippen LogP contribution in [0.25, 0.3) is 0 Å². The van der Waals surface area contributed by atoms with Gasteiger partial charge in [-0.1, -0.05) is 11.6 Å². The van der Waals surface area contributed by atoms with Crippen LogP contribution in [-0.4, -0.2) is 76.7 Å². The molecule has 1 N–H and O–H groups in total. The predicted molar refractivity (Wildman–Crippen MR) is 89.8 cm³/mol. The first-order valence-corrected chi connectivity index (χ1v) is 8.85. The maximum atomic E-state index is 10.5. The molecule has 0 radical (unpaired) electrons. The van der Waals surface area contributed by atoms with Gasteiger partial charge in [-0.2, -0.15) is 5.10 Å². The van der Waals surface area contributed by atoms with E-state index in [0.717, 1.165) is 62.1 Å². The molecule has 2 fully saturated rings. The highest BCUT2D eigenvalue weighted by molar-refractivity contribution is 6.30. The second kappa shape index (κ2) is 7.49. The third kappa shape index (κ3) is 3.88. The lowest BCUT2D eigenvalue weighted by Crippen LogP contribution is -2.44. The lowest BCUT2D eigenvalue weighted by molar-refractivity contribution is 0.00583. The molecule has 130 valence electrons. The number of aromatic nitrogens is 2. The molecule has 2 saturated heterocycles. The van der Waals surface area contributed by atoms with Crippen molar-refractivity contribution in [3.05, 3.63) is 16.4 Å². The molecule has 1 aromatic heterocycles. The number of likely N-dealkylation sites (tertiary alicyclic amines) is 1. The first-order valence-electron chi connectivity index (χ1n) is 8.47. The van der Waals surface area contributed by atoms with Crippen LogP contribution in [0, 0.1) is 6.92 Å². The second-order valence-electron chi connectivity index (χ2n) is 6.63. The Hall–Kier alpha value is -0.660. The first kappa shape index (κ1) is 17.2. The molecule has 0 aromatic carbocycles. The molecule has 0 spiro atoms. The quantitative estimate of drug-likeness (QED) is 0.871. The lowest BCUT2D eigenvalue weighted by atomic mass is 10.1. The Morgan fingerprint density at radius 3 is 2.70 bits per heavy atom. The highest BCUT2D eigenvalue weighted by Gasteiger charge is 2.32. The molecule has 0 amide bonds. The fourth-order valence-corrected chi connectivity index (χ4v) is 4.11. The van der Waals surface area contributed by atoms with Crippen molar-refractivity contribution in [2.75, 3.05) is 45.9 Å². The van der Waals surface area contributed by atoms with Crippen molar-refractivity contribution in [1.82, 2.24) is 19.6 Å². The first-order chi connectivity index (χ1) is 11.1. The molecule has 23 heavy (non-hydrogen) atoms. The zero-order valence-corrected chi connectivity index (χ0v) is 14.8. The molecule has 2 aliphatic rings. The topological polar surface area (TPSA) is 53.8 Å². The van der Waals surface area contributed by atoms with E-state index < -0.39 is 0 Å². The molecule has 2 aliphatic heterocycles. The molecule has 0 aliphatic carbocycles. The van der Waals surface area contributed by atoms with Crippen LogP contribution in [0.15, 0.2) is 0 Å². The van der Waals surface area contributed by atoms with Crippen molar-refractivity contribution < 1.29 is 9.84 Å². The third-order valence-electron chi connectivity index (χ3n) is 4.91. The molecule has 3 heterocycles. The van der Waals surface area contributed by atoms with Crippen LogP contribution in [0.1, 0.15) is 30.1 Å². The van der Waals surface area contributed by atoms with Gasteiger partial charge in [0.2, 0.25) is 0 Å². The summed E-state index contributed by atoms with van der Waals surface area (Å²) in [5, 5.41) is 15.7. The summed E-state index contributed by atoms with van der Waals surface area (Å²) in [7, 11) is 1.88. The monoisotopic (exact) mass is 342 g/mol. The van der Waals surface area contributed by atoms with Gasteiger partial charge in [-0.05, 0) is 26.3 Å². The largest absolute Gasteiger partial charge is 0.390 e. The Morgan fingerprint density at radius 1 is 1.30 bits per heavy atom. The number of aryl methyl sites for hydroxylation is 2. The van der Waals surface area contributed by atoms with Crippen molar-refractivity contribution >= 4 is 11.6 Å². The molecule has 7 heteroatoms. The molecule has 0 bridgehead atoms. The number of hydrogen-bond acceptors (Lipinski definition) is 5. The van der Waals surface area contributed by atoms with Crippen LogP contribution in [0.5, 0.6) is 0 Å². The van der Waals surface area contributed by atoms with Gasteiger partial charge in [0, 0.05) is 44.8 Å². The summed E-state index contributed by atoms with van der Waals surface area (Å²) < 4.78 is 7.10. The van der Waals surface area contributed by atoms with E-state index in [-0.39, 0.29) is 12.1 Å². The zero-order chi connectivity index (χ0) is 16.4. The van der Waals surface area contributed by atoms with E-state index in [1.54, 1.807) is 4.68 Å². The number of aliphatic hydroxyl groups excluding tert-OH is 1. The van der Waals surface area contributed by atoms with Crippen molar-refractivity contribution in [3.8, 4) is 0 Å². The second-order valence-corrected chi connectivity index (χ2v) is 6.99. The minimum atomic E-state index is -0.343. The van der Waals surface area contributed by atoms with Crippen LogP contribution in [0.4, 0.5) is 0 Å². The molecule has 2 unspecified atom stereocenters. The Morgan fingerprint density at radius 2 is 2.04 bits per heavy atom. The minimum Gasteiger partial charge on any atom is -0.390 e. The van der Waals surface area contributed by atoms with Gasteiger partial charge in [0.05, 0.1) is 25.0 Å². The van der Waals surface area contributed by atoms with E-state index in [2.05, 4.69) is 14.9 Å². The number of rotatable bonds is 5. The maximum Gasteiger partial charge on any atom is 0.131 e. The summed E-state index contributed by atoms with van der Waals surface area (Å²) in [5.41, 5.74) is 2.13. The summed E-state index contributed by atoms with van der Waals surface area (Å²) in [6.07, 6.45) is 1.88. The van der Waals surface area contributed by atoms with Gasteiger partial charge in [-0.15, -0.1) is 0 Å². The molecule has 2 atom stereocenters. The van der Waals surface area contributed by atoms with Crippen LogP contribution < -0.4 is 0 Å². The van der Waals surface area contributed by atoms with Crippen LogP contribution in [0.2, 0.25) is 5.15 Å². The highest BCUT2D eigenvalue weighted by Crippen LogP contribution is 2.37. The SMILES string of the molecule is Cc1nn(C)c(Cl)c1C1CCCN1CC(O)CN1CCOCC1. The van der Waals surface area contributed by atoms with Crippen LogP contribution >= 0.6 is 11.6 Å². The van der Waals surface area contributed by atoms with Crippen molar-refractivity contribution in [3.63, 3.8) is 0 Å². The fraction of sp³-hybridized carbons (Fsp3) is 0.812.